The molecule has 1 aliphatic heterocycles. The van der Waals surface area contributed by atoms with E-state index in [4.69, 9.17) is 0 Å². The molecule has 2 amide bonds. The Kier molecular flexibility index (Phi) is 4.28. The van der Waals surface area contributed by atoms with Gasteiger partial charge in [0.15, 0.2) is 0 Å². The van der Waals surface area contributed by atoms with Crippen molar-refractivity contribution in [3.63, 3.8) is 0 Å². The van der Waals surface area contributed by atoms with Gasteiger partial charge in [0.1, 0.15) is 0 Å². The summed E-state index contributed by atoms with van der Waals surface area (Å²) in [6, 6.07) is 0. The van der Waals surface area contributed by atoms with Gasteiger partial charge in [0.25, 0.3) is 11.8 Å². The topological polar surface area (TPSA) is 61.4 Å². The van der Waals surface area contributed by atoms with Crippen molar-refractivity contribution in [3.8, 4) is 0 Å². The van der Waals surface area contributed by atoms with Crippen LogP contribution in [0.1, 0.15) is 6.42 Å². The maximum Gasteiger partial charge on any atom is 0.254 e. The molecule has 0 saturated heterocycles. The first kappa shape index (κ1) is 10.9. The second kappa shape index (κ2) is 5.51. The van der Waals surface area contributed by atoms with Crippen LogP contribution < -0.4 is 10.6 Å². The molecule has 0 aromatic heterocycles. The number of carbonyl (C=O) groups is 2. The van der Waals surface area contributed by atoms with Crippen LogP contribution in [0.4, 0.5) is 0 Å². The highest BCUT2D eigenvalue weighted by Gasteiger charge is 2.21. The molecule has 0 unspecified atom stereocenters. The van der Waals surface area contributed by atoms with Crippen LogP contribution in [0.15, 0.2) is 12.2 Å². The van der Waals surface area contributed by atoms with Crippen molar-refractivity contribution in [2.24, 2.45) is 0 Å². The molecule has 0 radical (unpaired) electrons. The summed E-state index contributed by atoms with van der Waals surface area (Å²) in [7, 11) is 1.89. The van der Waals surface area contributed by atoms with E-state index in [1.165, 1.54) is 17.1 Å². The average Bonchev–Trinajstić information content (AvgIpc) is 2.48. The predicted octanol–water partition coefficient (Wildman–Crippen LogP) is -0.932. The SMILES string of the molecule is CNCCCNCN1C(=O)C=CC1=O. The molecule has 1 aliphatic rings. The van der Waals surface area contributed by atoms with Gasteiger partial charge >= 0.3 is 0 Å². The van der Waals surface area contributed by atoms with Crippen molar-refractivity contribution in [1.29, 1.82) is 0 Å². The van der Waals surface area contributed by atoms with Gasteiger partial charge in [-0.3, -0.25) is 19.8 Å². The molecule has 2 N–H and O–H groups in total. The molecule has 78 valence electrons. The third kappa shape index (κ3) is 2.93. The van der Waals surface area contributed by atoms with Crippen LogP contribution >= 0.6 is 0 Å². The van der Waals surface area contributed by atoms with Crippen LogP contribution in [0.5, 0.6) is 0 Å². The number of carbonyl (C=O) groups excluding carboxylic acids is 2. The van der Waals surface area contributed by atoms with Crippen molar-refractivity contribution < 1.29 is 9.59 Å². The summed E-state index contributed by atoms with van der Waals surface area (Å²) in [5, 5.41) is 6.04. The Balaban J connectivity index is 2.13. The minimum atomic E-state index is -0.240. The second-order valence-electron chi connectivity index (χ2n) is 3.05. The van der Waals surface area contributed by atoms with Crippen molar-refractivity contribution in [1.82, 2.24) is 15.5 Å². The van der Waals surface area contributed by atoms with E-state index in [9.17, 15) is 9.59 Å². The van der Waals surface area contributed by atoms with Gasteiger partial charge in [0.2, 0.25) is 0 Å². The number of nitrogens with zero attached hydrogens (tertiary/aromatic N) is 1. The lowest BCUT2D eigenvalue weighted by Crippen LogP contribution is -2.39. The van der Waals surface area contributed by atoms with Gasteiger partial charge in [0, 0.05) is 12.2 Å². The Hall–Kier alpha value is -1.20. The maximum absolute atomic E-state index is 11.1. The summed E-state index contributed by atoms with van der Waals surface area (Å²) in [5.41, 5.74) is 0. The van der Waals surface area contributed by atoms with Crippen molar-refractivity contribution >= 4 is 11.8 Å². The summed E-state index contributed by atoms with van der Waals surface area (Å²) in [4.78, 5) is 23.3. The summed E-state index contributed by atoms with van der Waals surface area (Å²) in [6.07, 6.45) is 3.55. The number of amides is 2. The summed E-state index contributed by atoms with van der Waals surface area (Å²) in [5.74, 6) is -0.479. The molecule has 0 atom stereocenters. The van der Waals surface area contributed by atoms with E-state index in [0.717, 1.165) is 19.5 Å². The highest BCUT2D eigenvalue weighted by atomic mass is 16.2. The third-order valence-corrected chi connectivity index (χ3v) is 1.95. The summed E-state index contributed by atoms with van der Waals surface area (Å²) >= 11 is 0. The van der Waals surface area contributed by atoms with Gasteiger partial charge in [-0.25, -0.2) is 0 Å². The van der Waals surface area contributed by atoms with Gasteiger partial charge in [-0.05, 0) is 26.6 Å². The van der Waals surface area contributed by atoms with Crippen LogP contribution in [0.3, 0.4) is 0 Å². The number of nitrogens with one attached hydrogen (secondary N) is 2. The lowest BCUT2D eigenvalue weighted by atomic mass is 10.4. The zero-order chi connectivity index (χ0) is 10.4. The molecule has 5 heteroatoms. The van der Waals surface area contributed by atoms with E-state index in [1.807, 2.05) is 7.05 Å². The monoisotopic (exact) mass is 197 g/mol. The Morgan fingerprint density at radius 1 is 1.21 bits per heavy atom. The van der Waals surface area contributed by atoms with Crippen LogP contribution in [-0.4, -0.2) is 43.5 Å². The van der Waals surface area contributed by atoms with E-state index in [0.29, 0.717) is 6.67 Å². The molecule has 1 heterocycles. The normalized spacial score (nSPS) is 15.6. The molecule has 5 nitrogen and oxygen atoms in total. The lowest BCUT2D eigenvalue weighted by Gasteiger charge is -2.14. The first-order valence-corrected chi connectivity index (χ1v) is 4.64. The fourth-order valence-corrected chi connectivity index (χ4v) is 1.17. The number of hydrogen-bond donors (Lipinski definition) is 2. The third-order valence-electron chi connectivity index (χ3n) is 1.95. The molecular formula is C9H15N3O2. The first-order valence-electron chi connectivity index (χ1n) is 4.64. The molecule has 0 aromatic carbocycles. The van der Waals surface area contributed by atoms with Crippen LogP contribution in [0, 0.1) is 0 Å². The minimum absolute atomic E-state index is 0.240. The average molecular weight is 197 g/mol. The van der Waals surface area contributed by atoms with Crippen LogP contribution in [0.25, 0.3) is 0 Å². The second-order valence-corrected chi connectivity index (χ2v) is 3.05. The number of imide groups is 1. The largest absolute Gasteiger partial charge is 0.320 e. The summed E-state index contributed by atoms with van der Waals surface area (Å²) in [6.45, 7) is 2.01. The standard InChI is InChI=1S/C9H15N3O2/c1-10-5-2-6-11-7-12-8(13)3-4-9(12)14/h3-4,10-11H,2,5-7H2,1H3. The fraction of sp³-hybridized carbons (Fsp3) is 0.556. The molecular weight excluding hydrogens is 182 g/mol. The first-order chi connectivity index (χ1) is 6.75. The molecule has 0 spiro atoms. The van der Waals surface area contributed by atoms with E-state index in [1.54, 1.807) is 0 Å². The van der Waals surface area contributed by atoms with E-state index < -0.39 is 0 Å². The van der Waals surface area contributed by atoms with Gasteiger partial charge < -0.3 is 5.32 Å². The van der Waals surface area contributed by atoms with Crippen LogP contribution in [0.2, 0.25) is 0 Å². The molecule has 14 heavy (non-hydrogen) atoms. The van der Waals surface area contributed by atoms with E-state index in [2.05, 4.69) is 10.6 Å². The Morgan fingerprint density at radius 2 is 1.86 bits per heavy atom. The highest BCUT2D eigenvalue weighted by Crippen LogP contribution is 2.00. The number of hydrogen-bond acceptors (Lipinski definition) is 4. The van der Waals surface area contributed by atoms with Gasteiger partial charge in [-0.2, -0.15) is 0 Å². The quantitative estimate of drug-likeness (QED) is 0.426. The molecule has 0 aromatic rings. The molecule has 0 saturated carbocycles. The smallest absolute Gasteiger partial charge is 0.254 e. The molecule has 0 aliphatic carbocycles. The fourth-order valence-electron chi connectivity index (χ4n) is 1.17. The molecule has 0 fully saturated rings. The molecule has 1 rings (SSSR count). The Bertz CT molecular complexity index is 232. The van der Waals surface area contributed by atoms with E-state index >= 15 is 0 Å². The van der Waals surface area contributed by atoms with Gasteiger partial charge in [0.05, 0.1) is 6.67 Å². The number of rotatable bonds is 6. The van der Waals surface area contributed by atoms with Crippen molar-refractivity contribution in [2.45, 2.75) is 6.42 Å². The predicted molar refractivity (Wildman–Crippen MR) is 52.4 cm³/mol. The van der Waals surface area contributed by atoms with Gasteiger partial charge in [-0.1, -0.05) is 0 Å². The van der Waals surface area contributed by atoms with E-state index in [-0.39, 0.29) is 11.8 Å². The zero-order valence-corrected chi connectivity index (χ0v) is 8.25. The molecule has 0 bridgehead atoms. The Labute approximate surface area is 83.1 Å². The van der Waals surface area contributed by atoms with Crippen molar-refractivity contribution in [3.05, 3.63) is 12.2 Å². The highest BCUT2D eigenvalue weighted by molar-refractivity contribution is 6.12. The summed E-state index contributed by atoms with van der Waals surface area (Å²) < 4.78 is 0. The maximum atomic E-state index is 11.1. The van der Waals surface area contributed by atoms with Gasteiger partial charge in [-0.15, -0.1) is 0 Å². The van der Waals surface area contributed by atoms with Crippen LogP contribution in [-0.2, 0) is 9.59 Å². The Morgan fingerprint density at radius 3 is 2.43 bits per heavy atom. The lowest BCUT2D eigenvalue weighted by molar-refractivity contribution is -0.137. The zero-order valence-electron chi connectivity index (χ0n) is 8.25. The van der Waals surface area contributed by atoms with Crippen molar-refractivity contribution in [2.75, 3.05) is 26.8 Å². The minimum Gasteiger partial charge on any atom is -0.320 e.